The van der Waals surface area contributed by atoms with Gasteiger partial charge in [-0.15, -0.1) is 5.10 Å². The van der Waals surface area contributed by atoms with Crippen molar-refractivity contribution in [1.29, 1.82) is 0 Å². The van der Waals surface area contributed by atoms with Gasteiger partial charge in [0.1, 0.15) is 5.69 Å². The van der Waals surface area contributed by atoms with Gasteiger partial charge in [-0.3, -0.25) is 4.79 Å². The average molecular weight is 301 g/mol. The molecule has 0 aliphatic carbocycles. The van der Waals surface area contributed by atoms with E-state index in [0.717, 1.165) is 12.1 Å². The number of nitrogens with one attached hydrogen (secondary N) is 1. The number of hydrogen-bond donors (Lipinski definition) is 2. The lowest BCUT2D eigenvalue weighted by atomic mass is 10.0. The van der Waals surface area contributed by atoms with Crippen LogP contribution in [0.3, 0.4) is 0 Å². The number of aromatic nitrogens is 3. The van der Waals surface area contributed by atoms with Crippen LogP contribution in [0, 0.1) is 0 Å². The number of hydrogen-bond acceptors (Lipinski definition) is 4. The van der Waals surface area contributed by atoms with Gasteiger partial charge in [0.05, 0.1) is 23.5 Å². The van der Waals surface area contributed by atoms with Gasteiger partial charge in [-0.05, 0) is 32.4 Å². The van der Waals surface area contributed by atoms with Crippen LogP contribution in [0.15, 0.2) is 36.5 Å². The van der Waals surface area contributed by atoms with E-state index in [2.05, 4.69) is 15.6 Å². The van der Waals surface area contributed by atoms with Gasteiger partial charge in [0.25, 0.3) is 0 Å². The summed E-state index contributed by atoms with van der Waals surface area (Å²) in [4.78, 5) is 12.1. The molecule has 1 heterocycles. The maximum absolute atomic E-state index is 12.1. The fourth-order valence-corrected chi connectivity index (χ4v) is 2.16. The first-order valence-corrected chi connectivity index (χ1v) is 7.50. The summed E-state index contributed by atoms with van der Waals surface area (Å²) in [5, 5.41) is 11.2. The third kappa shape index (κ3) is 3.71. The molecule has 0 saturated carbocycles. The zero-order chi connectivity index (χ0) is 16.2. The molecule has 0 aliphatic heterocycles. The molecule has 118 valence electrons. The quantitative estimate of drug-likeness (QED) is 0.851. The molecular formula is C16H23N5O. The number of carbonyl (C=O) groups excluding carboxylic acids is 1. The van der Waals surface area contributed by atoms with E-state index >= 15 is 0 Å². The number of carbonyl (C=O) groups is 1. The predicted octanol–water partition coefficient (Wildman–Crippen LogP) is 1.75. The van der Waals surface area contributed by atoms with E-state index in [-0.39, 0.29) is 5.91 Å². The highest BCUT2D eigenvalue weighted by Crippen LogP contribution is 2.18. The van der Waals surface area contributed by atoms with E-state index in [4.69, 9.17) is 5.73 Å². The van der Waals surface area contributed by atoms with Crippen LogP contribution < -0.4 is 11.1 Å². The van der Waals surface area contributed by atoms with Crippen molar-refractivity contribution in [3.8, 4) is 5.69 Å². The molecule has 6 heteroatoms. The molecule has 0 saturated heterocycles. The van der Waals surface area contributed by atoms with Crippen molar-refractivity contribution in [2.24, 2.45) is 5.73 Å². The third-order valence-electron chi connectivity index (χ3n) is 3.53. The molecule has 0 radical (unpaired) electrons. The fourth-order valence-electron chi connectivity index (χ4n) is 2.16. The molecule has 1 aromatic carbocycles. The number of nitrogens with zero attached hydrogens (tertiary/aromatic N) is 3. The Bertz CT molecular complexity index is 620. The van der Waals surface area contributed by atoms with Gasteiger partial charge in [0.15, 0.2) is 0 Å². The highest BCUT2D eigenvalue weighted by atomic mass is 16.2. The Morgan fingerprint density at radius 2 is 2.05 bits per heavy atom. The lowest BCUT2D eigenvalue weighted by Gasteiger charge is -2.25. The number of benzene rings is 1. The Labute approximate surface area is 130 Å². The molecule has 0 fully saturated rings. The summed E-state index contributed by atoms with van der Waals surface area (Å²) in [6, 6.07) is 9.22. The number of rotatable bonds is 6. The van der Waals surface area contributed by atoms with Crippen LogP contribution in [-0.2, 0) is 10.3 Å². The highest BCUT2D eigenvalue weighted by Gasteiger charge is 2.28. The summed E-state index contributed by atoms with van der Waals surface area (Å²) in [6.07, 6.45) is 3.36. The van der Waals surface area contributed by atoms with E-state index < -0.39 is 11.6 Å². The summed E-state index contributed by atoms with van der Waals surface area (Å²) in [6.45, 7) is 5.79. The molecular weight excluding hydrogens is 278 g/mol. The van der Waals surface area contributed by atoms with E-state index in [0.29, 0.717) is 12.1 Å². The molecule has 0 spiro atoms. The van der Waals surface area contributed by atoms with Gasteiger partial charge < -0.3 is 11.1 Å². The topological polar surface area (TPSA) is 85.8 Å². The molecule has 2 aromatic rings. The molecule has 1 amide bonds. The van der Waals surface area contributed by atoms with Gasteiger partial charge in [-0.2, -0.15) is 0 Å². The minimum absolute atomic E-state index is 0.166. The Balaban J connectivity index is 2.13. The predicted molar refractivity (Wildman–Crippen MR) is 85.4 cm³/mol. The van der Waals surface area contributed by atoms with Crippen molar-refractivity contribution in [3.63, 3.8) is 0 Å². The smallest absolute Gasteiger partial charge is 0.237 e. The molecule has 6 nitrogen and oxygen atoms in total. The van der Waals surface area contributed by atoms with Crippen molar-refractivity contribution in [2.75, 3.05) is 0 Å². The molecule has 3 N–H and O–H groups in total. The van der Waals surface area contributed by atoms with Crippen molar-refractivity contribution in [3.05, 3.63) is 42.2 Å². The maximum Gasteiger partial charge on any atom is 0.237 e. The maximum atomic E-state index is 12.1. The first-order valence-electron chi connectivity index (χ1n) is 7.50. The lowest BCUT2D eigenvalue weighted by Crippen LogP contribution is -2.49. The Morgan fingerprint density at radius 3 is 2.68 bits per heavy atom. The van der Waals surface area contributed by atoms with Gasteiger partial charge >= 0.3 is 0 Å². The van der Waals surface area contributed by atoms with Crippen LogP contribution in [0.1, 0.15) is 39.3 Å². The molecule has 1 aromatic heterocycles. The summed E-state index contributed by atoms with van der Waals surface area (Å²) < 4.78 is 1.69. The van der Waals surface area contributed by atoms with E-state index in [1.165, 1.54) is 0 Å². The molecule has 1 atom stereocenters. The molecule has 0 bridgehead atoms. The minimum atomic E-state index is -0.629. The number of nitrogens with two attached hydrogens (primary N) is 1. The summed E-state index contributed by atoms with van der Waals surface area (Å²) in [5.74, 6) is -0.166. The fraction of sp³-hybridized carbons (Fsp3) is 0.438. The monoisotopic (exact) mass is 301 g/mol. The van der Waals surface area contributed by atoms with E-state index in [1.54, 1.807) is 4.68 Å². The largest absolute Gasteiger partial charge is 0.344 e. The van der Waals surface area contributed by atoms with Gasteiger partial charge in [0, 0.05) is 0 Å². The SMILES string of the molecule is CCCC(N)C(=O)NC(C)(C)c1cn(-c2ccccc2)nn1. The van der Waals surface area contributed by atoms with E-state index in [9.17, 15) is 4.79 Å². The third-order valence-corrected chi connectivity index (χ3v) is 3.53. The highest BCUT2D eigenvalue weighted by molar-refractivity contribution is 5.82. The normalized spacial score (nSPS) is 12.9. The van der Waals surface area contributed by atoms with Crippen molar-refractivity contribution in [1.82, 2.24) is 20.3 Å². The van der Waals surface area contributed by atoms with Crippen LogP contribution in [0.4, 0.5) is 0 Å². The van der Waals surface area contributed by atoms with Gasteiger partial charge in [-0.1, -0.05) is 36.8 Å². The second kappa shape index (κ2) is 6.70. The minimum Gasteiger partial charge on any atom is -0.344 e. The van der Waals surface area contributed by atoms with E-state index in [1.807, 2.05) is 57.3 Å². The van der Waals surface area contributed by atoms with Crippen LogP contribution in [0.5, 0.6) is 0 Å². The van der Waals surface area contributed by atoms with Crippen LogP contribution >= 0.6 is 0 Å². The lowest BCUT2D eigenvalue weighted by molar-refractivity contribution is -0.124. The Morgan fingerprint density at radius 1 is 1.36 bits per heavy atom. The molecule has 2 rings (SSSR count). The Kier molecular flexibility index (Phi) is 4.92. The Hall–Kier alpha value is -2.21. The zero-order valence-corrected chi connectivity index (χ0v) is 13.3. The summed E-state index contributed by atoms with van der Waals surface area (Å²) in [7, 11) is 0. The van der Waals surface area contributed by atoms with Crippen LogP contribution in [0.25, 0.3) is 5.69 Å². The second-order valence-corrected chi connectivity index (χ2v) is 5.89. The standard InChI is InChI=1S/C16H23N5O/c1-4-8-13(17)15(22)18-16(2,3)14-11-21(20-19-14)12-9-6-5-7-10-12/h5-7,9-11,13H,4,8,17H2,1-3H3,(H,18,22). The molecule has 22 heavy (non-hydrogen) atoms. The average Bonchev–Trinajstić information content (AvgIpc) is 2.98. The van der Waals surface area contributed by atoms with Gasteiger partial charge in [-0.25, -0.2) is 4.68 Å². The first kappa shape index (κ1) is 16.2. The molecule has 1 unspecified atom stereocenters. The van der Waals surface area contributed by atoms with Crippen LogP contribution in [0.2, 0.25) is 0 Å². The number of para-hydroxylation sites is 1. The number of amides is 1. The second-order valence-electron chi connectivity index (χ2n) is 5.89. The zero-order valence-electron chi connectivity index (χ0n) is 13.3. The van der Waals surface area contributed by atoms with Crippen molar-refractivity contribution < 1.29 is 4.79 Å². The van der Waals surface area contributed by atoms with Gasteiger partial charge in [0.2, 0.25) is 5.91 Å². The van der Waals surface area contributed by atoms with Crippen molar-refractivity contribution in [2.45, 2.75) is 45.2 Å². The first-order chi connectivity index (χ1) is 10.4. The molecule has 0 aliphatic rings. The van der Waals surface area contributed by atoms with Crippen LogP contribution in [-0.4, -0.2) is 26.9 Å². The summed E-state index contributed by atoms with van der Waals surface area (Å²) in [5.41, 5.74) is 6.84. The van der Waals surface area contributed by atoms with Crippen molar-refractivity contribution >= 4 is 5.91 Å². The summed E-state index contributed by atoms with van der Waals surface area (Å²) >= 11 is 0.